The van der Waals surface area contributed by atoms with Crippen LogP contribution in [0.1, 0.15) is 28.8 Å². The van der Waals surface area contributed by atoms with Gasteiger partial charge in [0.25, 0.3) is 5.91 Å². The van der Waals surface area contributed by atoms with Crippen LogP contribution in [0.25, 0.3) is 5.65 Å². The summed E-state index contributed by atoms with van der Waals surface area (Å²) in [5.74, 6) is -0.610. The van der Waals surface area contributed by atoms with Gasteiger partial charge in [0.05, 0.1) is 17.9 Å². The van der Waals surface area contributed by atoms with Crippen molar-refractivity contribution in [1.82, 2.24) is 14.9 Å². The maximum absolute atomic E-state index is 15.1. The second-order valence-corrected chi connectivity index (χ2v) is 7.58. The van der Waals surface area contributed by atoms with Crippen LogP contribution in [-0.4, -0.2) is 21.9 Å². The van der Waals surface area contributed by atoms with Gasteiger partial charge in [0, 0.05) is 28.8 Å². The van der Waals surface area contributed by atoms with Gasteiger partial charge >= 0.3 is 0 Å². The van der Waals surface area contributed by atoms with Gasteiger partial charge in [0.2, 0.25) is 0 Å². The third-order valence-corrected chi connectivity index (χ3v) is 4.99. The Balaban J connectivity index is 1.69. The van der Waals surface area contributed by atoms with Gasteiger partial charge in [0.15, 0.2) is 11.5 Å². The molecule has 27 heavy (non-hydrogen) atoms. The Kier molecular flexibility index (Phi) is 4.84. The number of hydrogen-bond donors (Lipinski definition) is 2. The highest BCUT2D eigenvalue weighted by Crippen LogP contribution is 2.30. The zero-order valence-electron chi connectivity index (χ0n) is 14.6. The van der Waals surface area contributed by atoms with Gasteiger partial charge in [-0.2, -0.15) is 0 Å². The quantitative estimate of drug-likeness (QED) is 0.567. The third-order valence-electron chi connectivity index (χ3n) is 4.50. The highest BCUT2D eigenvalue weighted by atomic mass is 79.9. The molecule has 0 bridgehead atoms. The first-order valence-corrected chi connectivity index (χ1v) is 9.42. The standard InChI is InChI=1S/C19H18BrFN4O2/c1-11-8-13(20)4-5-15(11)23-17-14(19(26)24-27-10-12-2-3-12)9-25-7-6-22-18(25)16(17)21/h4-9,12,23H,2-3,10H2,1H3,(H,24,26). The van der Waals surface area contributed by atoms with Crippen molar-refractivity contribution in [3.05, 3.63) is 58.2 Å². The monoisotopic (exact) mass is 432 g/mol. The molecule has 2 aromatic heterocycles. The molecular formula is C19H18BrFN4O2. The smallest absolute Gasteiger partial charge is 0.278 e. The average Bonchev–Trinajstić information content (AvgIpc) is 3.33. The highest BCUT2D eigenvalue weighted by molar-refractivity contribution is 9.10. The second-order valence-electron chi connectivity index (χ2n) is 6.66. The van der Waals surface area contributed by atoms with Crippen molar-refractivity contribution in [2.75, 3.05) is 11.9 Å². The van der Waals surface area contributed by atoms with E-state index in [0.717, 1.165) is 22.9 Å². The van der Waals surface area contributed by atoms with Gasteiger partial charge < -0.3 is 9.72 Å². The zero-order valence-corrected chi connectivity index (χ0v) is 16.2. The Bertz CT molecular complexity index is 1020. The Morgan fingerprint density at radius 1 is 1.44 bits per heavy atom. The molecule has 1 aliphatic carbocycles. The maximum Gasteiger partial charge on any atom is 0.278 e. The van der Waals surface area contributed by atoms with E-state index >= 15 is 4.39 Å². The molecule has 1 fully saturated rings. The summed E-state index contributed by atoms with van der Waals surface area (Å²) >= 11 is 3.41. The van der Waals surface area contributed by atoms with Gasteiger partial charge in [-0.15, -0.1) is 0 Å². The van der Waals surface area contributed by atoms with Gasteiger partial charge in [-0.1, -0.05) is 15.9 Å². The van der Waals surface area contributed by atoms with E-state index in [2.05, 4.69) is 31.7 Å². The number of rotatable bonds is 6. The molecule has 0 aliphatic heterocycles. The summed E-state index contributed by atoms with van der Waals surface area (Å²) < 4.78 is 17.5. The first-order valence-electron chi connectivity index (χ1n) is 8.63. The number of imidazole rings is 1. The number of halogens is 2. The highest BCUT2D eigenvalue weighted by Gasteiger charge is 2.24. The van der Waals surface area contributed by atoms with Gasteiger partial charge in [-0.25, -0.2) is 14.9 Å². The number of carbonyl (C=O) groups is 1. The molecule has 1 aliphatic rings. The topological polar surface area (TPSA) is 67.7 Å². The van der Waals surface area contributed by atoms with E-state index in [-0.39, 0.29) is 16.9 Å². The van der Waals surface area contributed by atoms with Crippen molar-refractivity contribution in [3.63, 3.8) is 0 Å². The molecule has 2 N–H and O–H groups in total. The number of anilines is 2. The Hall–Kier alpha value is -2.45. The van der Waals surface area contributed by atoms with Crippen LogP contribution in [0.2, 0.25) is 0 Å². The average molecular weight is 433 g/mol. The molecule has 4 rings (SSSR count). The Labute approximate surface area is 163 Å². The van der Waals surface area contributed by atoms with Crippen LogP contribution >= 0.6 is 15.9 Å². The van der Waals surface area contributed by atoms with E-state index in [1.54, 1.807) is 6.20 Å². The maximum atomic E-state index is 15.1. The Morgan fingerprint density at radius 2 is 2.26 bits per heavy atom. The van der Waals surface area contributed by atoms with Crippen LogP contribution in [0.4, 0.5) is 15.8 Å². The van der Waals surface area contributed by atoms with Crippen LogP contribution in [0, 0.1) is 18.7 Å². The van der Waals surface area contributed by atoms with Crippen LogP contribution < -0.4 is 10.8 Å². The number of nitrogens with one attached hydrogen (secondary N) is 2. The molecule has 8 heteroatoms. The third kappa shape index (κ3) is 3.81. The molecule has 1 aromatic carbocycles. The number of benzene rings is 1. The van der Waals surface area contributed by atoms with Crippen molar-refractivity contribution in [3.8, 4) is 0 Å². The van der Waals surface area contributed by atoms with Gasteiger partial charge in [-0.3, -0.25) is 9.63 Å². The number of hydroxylamine groups is 1. The lowest BCUT2D eigenvalue weighted by atomic mass is 10.1. The van der Waals surface area contributed by atoms with Crippen LogP contribution in [0.15, 0.2) is 41.3 Å². The normalized spacial score (nSPS) is 13.7. The molecule has 0 spiro atoms. The lowest BCUT2D eigenvalue weighted by Gasteiger charge is -2.16. The predicted molar refractivity (Wildman–Crippen MR) is 103 cm³/mol. The summed E-state index contributed by atoms with van der Waals surface area (Å²) in [6.07, 6.45) is 6.84. The van der Waals surface area contributed by atoms with Gasteiger partial charge in [-0.05, 0) is 49.4 Å². The predicted octanol–water partition coefficient (Wildman–Crippen LogP) is 4.36. The molecule has 0 atom stereocenters. The lowest BCUT2D eigenvalue weighted by molar-refractivity contribution is 0.0270. The minimum atomic E-state index is -0.600. The number of pyridine rings is 1. The summed E-state index contributed by atoms with van der Waals surface area (Å²) in [6.45, 7) is 2.37. The Morgan fingerprint density at radius 3 is 3.00 bits per heavy atom. The molecule has 1 saturated carbocycles. The number of aryl methyl sites for hydroxylation is 1. The first kappa shape index (κ1) is 17.9. The fourth-order valence-corrected chi connectivity index (χ4v) is 3.26. The minimum Gasteiger partial charge on any atom is -0.352 e. The summed E-state index contributed by atoms with van der Waals surface area (Å²) in [7, 11) is 0. The molecule has 0 radical (unpaired) electrons. The molecular weight excluding hydrogens is 415 g/mol. The summed E-state index contributed by atoms with van der Waals surface area (Å²) in [5, 5.41) is 3.05. The molecule has 6 nitrogen and oxygen atoms in total. The molecule has 2 heterocycles. The molecule has 140 valence electrons. The first-order chi connectivity index (χ1) is 13.0. The van der Waals surface area contributed by atoms with Crippen molar-refractivity contribution < 1.29 is 14.0 Å². The fraction of sp³-hybridized carbons (Fsp3) is 0.263. The number of aromatic nitrogens is 2. The van der Waals surface area contributed by atoms with Crippen molar-refractivity contribution >= 4 is 38.9 Å². The van der Waals surface area contributed by atoms with Crippen molar-refractivity contribution in [2.45, 2.75) is 19.8 Å². The molecule has 0 unspecified atom stereocenters. The molecule has 1 amide bonds. The largest absolute Gasteiger partial charge is 0.352 e. The minimum absolute atomic E-state index is 0.0617. The zero-order chi connectivity index (χ0) is 19.0. The van der Waals surface area contributed by atoms with Crippen molar-refractivity contribution in [1.29, 1.82) is 0 Å². The fourth-order valence-electron chi connectivity index (χ4n) is 2.78. The lowest BCUT2D eigenvalue weighted by Crippen LogP contribution is -2.26. The van der Waals surface area contributed by atoms with Crippen LogP contribution in [-0.2, 0) is 4.84 Å². The SMILES string of the molecule is Cc1cc(Br)ccc1Nc1c(C(=O)NOCC2CC2)cn2ccnc2c1F. The number of fused-ring (bicyclic) bond motifs is 1. The van der Waals surface area contributed by atoms with E-state index in [9.17, 15) is 4.79 Å². The summed E-state index contributed by atoms with van der Waals surface area (Å²) in [4.78, 5) is 21.9. The summed E-state index contributed by atoms with van der Waals surface area (Å²) in [5.41, 5.74) is 4.36. The number of hydrogen-bond acceptors (Lipinski definition) is 4. The van der Waals surface area contributed by atoms with Crippen molar-refractivity contribution in [2.24, 2.45) is 5.92 Å². The number of nitrogens with zero attached hydrogens (tertiary/aromatic N) is 2. The van der Waals surface area contributed by atoms with Crippen LogP contribution in [0.5, 0.6) is 0 Å². The number of amides is 1. The van der Waals surface area contributed by atoms with E-state index in [4.69, 9.17) is 4.84 Å². The van der Waals surface area contributed by atoms with Crippen LogP contribution in [0.3, 0.4) is 0 Å². The van der Waals surface area contributed by atoms with E-state index in [0.29, 0.717) is 18.2 Å². The van der Waals surface area contributed by atoms with E-state index in [1.165, 1.54) is 16.8 Å². The molecule has 3 aromatic rings. The van der Waals surface area contributed by atoms with E-state index < -0.39 is 11.7 Å². The summed E-state index contributed by atoms with van der Waals surface area (Å²) in [6, 6.07) is 5.58. The van der Waals surface area contributed by atoms with Gasteiger partial charge in [0.1, 0.15) is 0 Å². The molecule has 0 saturated heterocycles. The second kappa shape index (κ2) is 7.28. The van der Waals surface area contributed by atoms with E-state index in [1.807, 2.05) is 25.1 Å². The number of carbonyl (C=O) groups excluding carboxylic acids is 1.